The van der Waals surface area contributed by atoms with Gasteiger partial charge in [0.25, 0.3) is 5.91 Å². The summed E-state index contributed by atoms with van der Waals surface area (Å²) in [5.41, 5.74) is 1.01. The molecule has 17 heavy (non-hydrogen) atoms. The van der Waals surface area contributed by atoms with Crippen molar-refractivity contribution in [3.8, 4) is 0 Å². The molecule has 0 fully saturated rings. The Hall–Kier alpha value is -1.88. The third-order valence-electron chi connectivity index (χ3n) is 2.00. The lowest BCUT2D eigenvalue weighted by Gasteiger charge is -2.08. The molecule has 1 rings (SSSR count). The van der Waals surface area contributed by atoms with Crippen LogP contribution in [0.1, 0.15) is 24.2 Å². The van der Waals surface area contributed by atoms with Gasteiger partial charge >= 0.3 is 0 Å². The predicted octanol–water partition coefficient (Wildman–Crippen LogP) is 0.756. The number of anilines is 1. The van der Waals surface area contributed by atoms with Gasteiger partial charge in [0.05, 0.1) is 6.10 Å². The van der Waals surface area contributed by atoms with Gasteiger partial charge in [-0.1, -0.05) is 6.07 Å². The smallest absolute Gasteiger partial charge is 0.251 e. The Kier molecular flexibility index (Phi) is 4.66. The first kappa shape index (κ1) is 13.2. The van der Waals surface area contributed by atoms with E-state index in [9.17, 15) is 9.59 Å². The third-order valence-corrected chi connectivity index (χ3v) is 2.00. The second-order valence-electron chi connectivity index (χ2n) is 3.82. The quantitative estimate of drug-likeness (QED) is 0.722. The van der Waals surface area contributed by atoms with Crippen LogP contribution < -0.4 is 10.6 Å². The average molecular weight is 236 g/mol. The SMILES string of the molecule is CC(=O)Nc1cccc(C(=O)NC[C@H](C)O)c1. The lowest BCUT2D eigenvalue weighted by Crippen LogP contribution is -2.30. The first-order valence-electron chi connectivity index (χ1n) is 5.33. The summed E-state index contributed by atoms with van der Waals surface area (Å²) < 4.78 is 0. The Balaban J connectivity index is 2.70. The maximum absolute atomic E-state index is 11.7. The van der Waals surface area contributed by atoms with E-state index in [0.29, 0.717) is 11.3 Å². The standard InChI is InChI=1S/C12H16N2O3/c1-8(15)7-13-12(17)10-4-3-5-11(6-10)14-9(2)16/h3-6,8,15H,7H2,1-2H3,(H,13,17)(H,14,16)/t8-/m0/s1. The average Bonchev–Trinajstić information content (AvgIpc) is 2.25. The van der Waals surface area contributed by atoms with Gasteiger partial charge < -0.3 is 15.7 Å². The molecule has 0 aliphatic heterocycles. The van der Waals surface area contributed by atoms with Gasteiger partial charge in [-0.15, -0.1) is 0 Å². The zero-order valence-electron chi connectivity index (χ0n) is 9.86. The monoisotopic (exact) mass is 236 g/mol. The number of hydrogen-bond donors (Lipinski definition) is 3. The zero-order chi connectivity index (χ0) is 12.8. The van der Waals surface area contributed by atoms with E-state index in [-0.39, 0.29) is 18.4 Å². The maximum Gasteiger partial charge on any atom is 0.251 e. The van der Waals surface area contributed by atoms with Crippen LogP contribution in [0.3, 0.4) is 0 Å². The molecule has 0 bridgehead atoms. The number of carbonyl (C=O) groups excluding carboxylic acids is 2. The van der Waals surface area contributed by atoms with Crippen LogP contribution in [0.2, 0.25) is 0 Å². The van der Waals surface area contributed by atoms with Crippen molar-refractivity contribution in [1.82, 2.24) is 5.32 Å². The van der Waals surface area contributed by atoms with Crippen LogP contribution in [0.15, 0.2) is 24.3 Å². The minimum absolute atomic E-state index is 0.188. The fourth-order valence-corrected chi connectivity index (χ4v) is 1.28. The largest absolute Gasteiger partial charge is 0.392 e. The number of nitrogens with one attached hydrogen (secondary N) is 2. The topological polar surface area (TPSA) is 78.4 Å². The van der Waals surface area contributed by atoms with Crippen LogP contribution in [0.5, 0.6) is 0 Å². The van der Waals surface area contributed by atoms with Gasteiger partial charge in [0.1, 0.15) is 0 Å². The molecule has 0 saturated carbocycles. The number of aliphatic hydroxyl groups excluding tert-OH is 1. The van der Waals surface area contributed by atoms with Crippen molar-refractivity contribution < 1.29 is 14.7 Å². The Morgan fingerprint density at radius 2 is 2.12 bits per heavy atom. The molecule has 5 nitrogen and oxygen atoms in total. The van der Waals surface area contributed by atoms with E-state index in [2.05, 4.69) is 10.6 Å². The molecule has 0 heterocycles. The molecule has 1 aromatic rings. The molecule has 5 heteroatoms. The van der Waals surface area contributed by atoms with E-state index in [1.807, 2.05) is 0 Å². The fourth-order valence-electron chi connectivity index (χ4n) is 1.28. The molecule has 2 amide bonds. The normalized spacial score (nSPS) is 11.7. The molecule has 0 aliphatic carbocycles. The van der Waals surface area contributed by atoms with E-state index in [4.69, 9.17) is 5.11 Å². The van der Waals surface area contributed by atoms with Gasteiger partial charge in [-0.3, -0.25) is 9.59 Å². The van der Waals surface area contributed by atoms with E-state index >= 15 is 0 Å². The van der Waals surface area contributed by atoms with Crippen LogP contribution in [-0.4, -0.2) is 29.6 Å². The molecule has 0 saturated heterocycles. The zero-order valence-corrected chi connectivity index (χ0v) is 9.86. The van der Waals surface area contributed by atoms with Crippen LogP contribution in [0.4, 0.5) is 5.69 Å². The molecular weight excluding hydrogens is 220 g/mol. The summed E-state index contributed by atoms with van der Waals surface area (Å²) in [7, 11) is 0. The van der Waals surface area contributed by atoms with Crippen LogP contribution in [0, 0.1) is 0 Å². The van der Waals surface area contributed by atoms with Crippen LogP contribution in [0.25, 0.3) is 0 Å². The Morgan fingerprint density at radius 1 is 1.41 bits per heavy atom. The molecular formula is C12H16N2O3. The number of aliphatic hydroxyl groups is 1. The minimum Gasteiger partial charge on any atom is -0.392 e. The van der Waals surface area contributed by atoms with E-state index in [1.165, 1.54) is 6.92 Å². The third kappa shape index (κ3) is 4.65. The summed E-state index contributed by atoms with van der Waals surface area (Å²) >= 11 is 0. The molecule has 92 valence electrons. The number of benzene rings is 1. The van der Waals surface area contributed by atoms with Gasteiger partial charge in [0, 0.05) is 24.7 Å². The van der Waals surface area contributed by atoms with Crippen molar-refractivity contribution >= 4 is 17.5 Å². The van der Waals surface area contributed by atoms with Gasteiger partial charge in [0.2, 0.25) is 5.91 Å². The number of rotatable bonds is 4. The van der Waals surface area contributed by atoms with Crippen molar-refractivity contribution in [3.63, 3.8) is 0 Å². The predicted molar refractivity (Wildman–Crippen MR) is 64.8 cm³/mol. The summed E-state index contributed by atoms with van der Waals surface area (Å²) in [5, 5.41) is 14.2. The number of carbonyl (C=O) groups is 2. The van der Waals surface area contributed by atoms with Gasteiger partial charge in [-0.25, -0.2) is 0 Å². The molecule has 1 atom stereocenters. The van der Waals surface area contributed by atoms with Crippen molar-refractivity contribution in [1.29, 1.82) is 0 Å². The van der Waals surface area contributed by atoms with Crippen LogP contribution >= 0.6 is 0 Å². The van der Waals surface area contributed by atoms with E-state index < -0.39 is 6.10 Å². The lowest BCUT2D eigenvalue weighted by molar-refractivity contribution is -0.114. The number of hydrogen-bond acceptors (Lipinski definition) is 3. The second-order valence-corrected chi connectivity index (χ2v) is 3.82. The van der Waals surface area contributed by atoms with Crippen molar-refractivity contribution in [3.05, 3.63) is 29.8 Å². The lowest BCUT2D eigenvalue weighted by atomic mass is 10.2. The van der Waals surface area contributed by atoms with Crippen molar-refractivity contribution in [2.45, 2.75) is 20.0 Å². The summed E-state index contributed by atoms with van der Waals surface area (Å²) in [5.74, 6) is -0.468. The fraction of sp³-hybridized carbons (Fsp3) is 0.333. The number of amides is 2. The first-order valence-corrected chi connectivity index (χ1v) is 5.33. The first-order chi connectivity index (χ1) is 7.99. The van der Waals surface area contributed by atoms with E-state index in [0.717, 1.165) is 0 Å². The molecule has 3 N–H and O–H groups in total. The molecule has 1 aromatic carbocycles. The highest BCUT2D eigenvalue weighted by molar-refractivity contribution is 5.96. The maximum atomic E-state index is 11.7. The van der Waals surface area contributed by atoms with Crippen molar-refractivity contribution in [2.75, 3.05) is 11.9 Å². The molecule has 0 aliphatic rings. The second kappa shape index (κ2) is 6.00. The van der Waals surface area contributed by atoms with Gasteiger partial charge in [0.15, 0.2) is 0 Å². The highest BCUT2D eigenvalue weighted by Gasteiger charge is 2.07. The van der Waals surface area contributed by atoms with Crippen LogP contribution in [-0.2, 0) is 4.79 Å². The Labute approximate surface area is 99.8 Å². The Bertz CT molecular complexity index is 416. The summed E-state index contributed by atoms with van der Waals surface area (Å²) in [6, 6.07) is 6.61. The summed E-state index contributed by atoms with van der Waals surface area (Å²) in [6.45, 7) is 3.19. The van der Waals surface area contributed by atoms with Crippen molar-refractivity contribution in [2.24, 2.45) is 0 Å². The molecule has 0 spiro atoms. The Morgan fingerprint density at radius 3 is 2.71 bits per heavy atom. The highest BCUT2D eigenvalue weighted by Crippen LogP contribution is 2.10. The van der Waals surface area contributed by atoms with Gasteiger partial charge in [-0.05, 0) is 25.1 Å². The summed E-state index contributed by atoms with van der Waals surface area (Å²) in [6.07, 6.45) is -0.586. The van der Waals surface area contributed by atoms with E-state index in [1.54, 1.807) is 31.2 Å². The molecule has 0 unspecified atom stereocenters. The molecule has 0 aromatic heterocycles. The molecule has 0 radical (unpaired) electrons. The summed E-state index contributed by atoms with van der Waals surface area (Å²) in [4.78, 5) is 22.5. The highest BCUT2D eigenvalue weighted by atomic mass is 16.3. The van der Waals surface area contributed by atoms with Gasteiger partial charge in [-0.2, -0.15) is 0 Å². The minimum atomic E-state index is -0.586.